The maximum atomic E-state index is 4.52. The molecule has 20 heavy (non-hydrogen) atoms. The average molecular weight is 272 g/mol. The minimum absolute atomic E-state index is 0.739. The van der Waals surface area contributed by atoms with Crippen molar-refractivity contribution in [2.24, 2.45) is 10.1 Å². The maximum Gasteiger partial charge on any atom is 0.0501 e. The molecule has 108 valence electrons. The van der Waals surface area contributed by atoms with Crippen molar-refractivity contribution in [3.8, 4) is 0 Å². The molecule has 0 spiro atoms. The number of nitrogens with zero attached hydrogens (tertiary/aromatic N) is 2. The fraction of sp³-hybridized carbons (Fsp3) is 0.375. The van der Waals surface area contributed by atoms with Gasteiger partial charge in [-0.05, 0) is 25.0 Å². The molecule has 1 aromatic rings. The van der Waals surface area contributed by atoms with Crippen molar-refractivity contribution in [1.29, 1.82) is 0 Å². The third kappa shape index (κ3) is 6.85. The van der Waals surface area contributed by atoms with E-state index in [1.807, 2.05) is 6.08 Å². The summed E-state index contributed by atoms with van der Waals surface area (Å²) in [7, 11) is 0. The monoisotopic (exact) mass is 272 g/mol. The fourth-order valence-corrected chi connectivity index (χ4v) is 1.65. The van der Waals surface area contributed by atoms with Crippen molar-refractivity contribution in [1.82, 2.24) is 10.7 Å². The van der Waals surface area contributed by atoms with Crippen molar-refractivity contribution >= 4 is 12.4 Å². The third-order valence-corrected chi connectivity index (χ3v) is 2.74. The standard InChI is InChI=1S/C16H24N4/c1-4-10-19-16(9-11-20-17-3)13-18-12-15-7-5-14(2)6-8-15/h5-9,11,18,20H,3-4,10,12-13H2,1-2H3/b11-9-,19-16+. The number of hydrazone groups is 1. The highest BCUT2D eigenvalue weighted by molar-refractivity contribution is 5.96. The molecule has 0 aliphatic carbocycles. The van der Waals surface area contributed by atoms with Crippen LogP contribution in [0.1, 0.15) is 24.5 Å². The summed E-state index contributed by atoms with van der Waals surface area (Å²) in [5.41, 5.74) is 6.26. The van der Waals surface area contributed by atoms with E-state index in [0.29, 0.717) is 0 Å². The number of hydrogen-bond donors (Lipinski definition) is 2. The van der Waals surface area contributed by atoms with Gasteiger partial charge in [0.25, 0.3) is 0 Å². The van der Waals surface area contributed by atoms with Gasteiger partial charge >= 0.3 is 0 Å². The molecule has 1 aromatic carbocycles. The molecule has 0 amide bonds. The molecular weight excluding hydrogens is 248 g/mol. The minimum Gasteiger partial charge on any atom is -0.307 e. The first-order valence-electron chi connectivity index (χ1n) is 6.93. The number of nitrogens with one attached hydrogen (secondary N) is 2. The molecule has 0 bridgehead atoms. The summed E-state index contributed by atoms with van der Waals surface area (Å²) in [4.78, 5) is 4.52. The largest absolute Gasteiger partial charge is 0.307 e. The Hall–Kier alpha value is -1.94. The number of aryl methyl sites for hydroxylation is 1. The molecule has 0 unspecified atom stereocenters. The second kappa shape index (κ2) is 9.92. The van der Waals surface area contributed by atoms with E-state index in [9.17, 15) is 0 Å². The molecule has 0 aromatic heterocycles. The zero-order chi connectivity index (χ0) is 14.6. The van der Waals surface area contributed by atoms with Crippen LogP contribution in [0.25, 0.3) is 0 Å². The molecule has 0 aliphatic rings. The summed E-state index contributed by atoms with van der Waals surface area (Å²) in [6.07, 6.45) is 4.71. The van der Waals surface area contributed by atoms with Gasteiger partial charge < -0.3 is 5.32 Å². The second-order valence-corrected chi connectivity index (χ2v) is 4.58. The first kappa shape index (κ1) is 16.1. The number of hydrogen-bond acceptors (Lipinski definition) is 4. The van der Waals surface area contributed by atoms with E-state index in [2.05, 4.69) is 65.7 Å². The van der Waals surface area contributed by atoms with Crippen LogP contribution in [0.15, 0.2) is 46.6 Å². The average Bonchev–Trinajstić information content (AvgIpc) is 2.46. The van der Waals surface area contributed by atoms with E-state index < -0.39 is 0 Å². The Morgan fingerprint density at radius 3 is 2.70 bits per heavy atom. The van der Waals surface area contributed by atoms with Crippen molar-refractivity contribution < 1.29 is 0 Å². The molecule has 0 radical (unpaired) electrons. The second-order valence-electron chi connectivity index (χ2n) is 4.58. The Morgan fingerprint density at radius 2 is 2.05 bits per heavy atom. The van der Waals surface area contributed by atoms with Crippen LogP contribution in [-0.2, 0) is 6.54 Å². The lowest BCUT2D eigenvalue weighted by Crippen LogP contribution is -2.22. The fourth-order valence-electron chi connectivity index (χ4n) is 1.65. The lowest BCUT2D eigenvalue weighted by molar-refractivity contribution is 0.773. The molecule has 0 saturated heterocycles. The maximum absolute atomic E-state index is 4.52. The van der Waals surface area contributed by atoms with Gasteiger partial charge in [-0.3, -0.25) is 10.4 Å². The highest BCUT2D eigenvalue weighted by atomic mass is 15.3. The molecule has 4 heteroatoms. The zero-order valence-corrected chi connectivity index (χ0v) is 12.4. The van der Waals surface area contributed by atoms with E-state index in [1.165, 1.54) is 11.1 Å². The van der Waals surface area contributed by atoms with Crippen molar-refractivity contribution in [3.05, 3.63) is 47.7 Å². The first-order valence-corrected chi connectivity index (χ1v) is 6.93. The van der Waals surface area contributed by atoms with Gasteiger partial charge in [-0.25, -0.2) is 0 Å². The lowest BCUT2D eigenvalue weighted by atomic mass is 10.1. The Kier molecular flexibility index (Phi) is 7.99. The van der Waals surface area contributed by atoms with Crippen molar-refractivity contribution in [2.75, 3.05) is 13.1 Å². The molecular formula is C16H24N4. The molecule has 0 heterocycles. The first-order chi connectivity index (χ1) is 9.76. The van der Waals surface area contributed by atoms with Crippen LogP contribution >= 0.6 is 0 Å². The predicted molar refractivity (Wildman–Crippen MR) is 87.3 cm³/mol. The van der Waals surface area contributed by atoms with Gasteiger partial charge in [-0.2, -0.15) is 5.10 Å². The SMILES string of the molecule is C=NN/C=C\C(CNCc1ccc(C)cc1)=N/CCC. The highest BCUT2D eigenvalue weighted by Crippen LogP contribution is 2.02. The topological polar surface area (TPSA) is 48.8 Å². The lowest BCUT2D eigenvalue weighted by Gasteiger charge is -2.06. The van der Waals surface area contributed by atoms with Crippen LogP contribution in [0, 0.1) is 6.92 Å². The highest BCUT2D eigenvalue weighted by Gasteiger charge is 1.96. The van der Waals surface area contributed by atoms with Gasteiger partial charge in [0.1, 0.15) is 0 Å². The Labute approximate surface area is 121 Å². The molecule has 0 aliphatic heterocycles. The predicted octanol–water partition coefficient (Wildman–Crippen LogP) is 2.65. The normalized spacial score (nSPS) is 11.8. The number of benzene rings is 1. The molecule has 4 nitrogen and oxygen atoms in total. The minimum atomic E-state index is 0.739. The zero-order valence-electron chi connectivity index (χ0n) is 12.4. The van der Waals surface area contributed by atoms with Crippen LogP contribution in [0.5, 0.6) is 0 Å². The van der Waals surface area contributed by atoms with Gasteiger partial charge in [0.15, 0.2) is 0 Å². The van der Waals surface area contributed by atoms with E-state index in [-0.39, 0.29) is 0 Å². The summed E-state index contributed by atoms with van der Waals surface area (Å²) < 4.78 is 0. The smallest absolute Gasteiger partial charge is 0.0501 e. The van der Waals surface area contributed by atoms with E-state index in [1.54, 1.807) is 6.20 Å². The van der Waals surface area contributed by atoms with E-state index in [4.69, 9.17) is 0 Å². The third-order valence-electron chi connectivity index (χ3n) is 2.74. The Bertz CT molecular complexity index is 446. The molecule has 0 fully saturated rings. The van der Waals surface area contributed by atoms with Gasteiger partial charge in [-0.15, -0.1) is 0 Å². The van der Waals surface area contributed by atoms with Crippen LogP contribution in [0.4, 0.5) is 0 Å². The molecule has 2 N–H and O–H groups in total. The van der Waals surface area contributed by atoms with E-state index in [0.717, 1.165) is 31.8 Å². The van der Waals surface area contributed by atoms with Crippen molar-refractivity contribution in [3.63, 3.8) is 0 Å². The van der Waals surface area contributed by atoms with Gasteiger partial charge in [-0.1, -0.05) is 36.8 Å². The summed E-state index contributed by atoms with van der Waals surface area (Å²) in [5.74, 6) is 0. The number of rotatable bonds is 9. The molecule has 1 rings (SSSR count). The van der Waals surface area contributed by atoms with E-state index >= 15 is 0 Å². The molecule has 0 saturated carbocycles. The van der Waals surface area contributed by atoms with Gasteiger partial charge in [0, 0.05) is 32.6 Å². The van der Waals surface area contributed by atoms with Crippen molar-refractivity contribution in [2.45, 2.75) is 26.8 Å². The molecule has 0 atom stereocenters. The summed E-state index contributed by atoms with van der Waals surface area (Å²) in [5, 5.41) is 6.96. The Balaban J connectivity index is 2.45. The number of aliphatic imine (C=N–C) groups is 1. The summed E-state index contributed by atoms with van der Waals surface area (Å²) in [6, 6.07) is 8.54. The van der Waals surface area contributed by atoms with Crippen LogP contribution in [0.2, 0.25) is 0 Å². The summed E-state index contributed by atoms with van der Waals surface area (Å²) >= 11 is 0. The van der Waals surface area contributed by atoms with Gasteiger partial charge in [0.05, 0.1) is 5.71 Å². The van der Waals surface area contributed by atoms with Crippen LogP contribution in [0.3, 0.4) is 0 Å². The van der Waals surface area contributed by atoms with Gasteiger partial charge in [0.2, 0.25) is 0 Å². The van der Waals surface area contributed by atoms with Crippen LogP contribution in [-0.4, -0.2) is 25.5 Å². The summed E-state index contributed by atoms with van der Waals surface area (Å²) in [6.45, 7) is 9.99. The Morgan fingerprint density at radius 1 is 1.30 bits per heavy atom. The van der Waals surface area contributed by atoms with Crippen LogP contribution < -0.4 is 10.7 Å². The quantitative estimate of drug-likeness (QED) is 0.536.